The minimum atomic E-state index is 0.0651. The Labute approximate surface area is 145 Å². The van der Waals surface area contributed by atoms with Crippen LogP contribution in [0.25, 0.3) is 0 Å². The lowest BCUT2D eigenvalue weighted by Gasteiger charge is -2.58. The molecule has 0 aliphatic heterocycles. The molecule has 4 aliphatic carbocycles. The van der Waals surface area contributed by atoms with Crippen LogP contribution in [0, 0.1) is 34.5 Å². The van der Waals surface area contributed by atoms with Crippen LogP contribution in [-0.2, 0) is 4.79 Å². The first kappa shape index (κ1) is 15.9. The van der Waals surface area contributed by atoms with Gasteiger partial charge in [0, 0.05) is 10.8 Å². The molecule has 0 spiro atoms. The van der Waals surface area contributed by atoms with Crippen molar-refractivity contribution in [1.82, 2.24) is 0 Å². The van der Waals surface area contributed by atoms with Crippen LogP contribution >= 0.6 is 11.6 Å². The van der Waals surface area contributed by atoms with E-state index in [0.717, 1.165) is 18.3 Å². The molecule has 0 radical (unpaired) electrons. The van der Waals surface area contributed by atoms with E-state index < -0.39 is 0 Å². The predicted molar refractivity (Wildman–Crippen MR) is 95.4 cm³/mol. The number of ketones is 1. The van der Waals surface area contributed by atoms with Gasteiger partial charge in [0.1, 0.15) is 0 Å². The SMILES string of the molecule is CC[C@H]1CC[C@H]2[C@@H]3C(Cl)CC4=CC(=O)C=C[C@]4(C)[C@H]3CC[C@]12C. The van der Waals surface area contributed by atoms with Gasteiger partial charge in [-0.3, -0.25) is 4.79 Å². The number of allylic oxidation sites excluding steroid dienone is 4. The molecule has 1 nitrogen and oxygen atoms in total. The van der Waals surface area contributed by atoms with Gasteiger partial charge in [-0.25, -0.2) is 0 Å². The Hall–Kier alpha value is -0.560. The second-order valence-electron chi connectivity index (χ2n) is 8.93. The van der Waals surface area contributed by atoms with E-state index in [1.807, 2.05) is 6.08 Å². The summed E-state index contributed by atoms with van der Waals surface area (Å²) < 4.78 is 0. The second-order valence-corrected chi connectivity index (χ2v) is 9.49. The first-order chi connectivity index (χ1) is 10.9. The Bertz CT molecular complexity index is 591. The number of carbonyl (C=O) groups is 1. The van der Waals surface area contributed by atoms with Crippen molar-refractivity contribution in [3.05, 3.63) is 23.8 Å². The summed E-state index contributed by atoms with van der Waals surface area (Å²) in [6, 6.07) is 0. The van der Waals surface area contributed by atoms with E-state index >= 15 is 0 Å². The highest BCUT2D eigenvalue weighted by molar-refractivity contribution is 6.21. The fourth-order valence-electron chi connectivity index (χ4n) is 6.90. The molecule has 4 rings (SSSR count). The van der Waals surface area contributed by atoms with E-state index in [9.17, 15) is 4.79 Å². The van der Waals surface area contributed by atoms with Crippen LogP contribution in [0.2, 0.25) is 0 Å². The molecule has 126 valence electrons. The van der Waals surface area contributed by atoms with Gasteiger partial charge in [-0.1, -0.05) is 38.8 Å². The summed E-state index contributed by atoms with van der Waals surface area (Å²) in [6.45, 7) is 7.27. The second kappa shape index (κ2) is 5.22. The summed E-state index contributed by atoms with van der Waals surface area (Å²) >= 11 is 6.96. The smallest absolute Gasteiger partial charge is 0.178 e. The van der Waals surface area contributed by atoms with Gasteiger partial charge in [0.2, 0.25) is 0 Å². The van der Waals surface area contributed by atoms with Crippen LogP contribution in [0.4, 0.5) is 0 Å². The van der Waals surface area contributed by atoms with Crippen LogP contribution in [-0.4, -0.2) is 11.2 Å². The molecule has 23 heavy (non-hydrogen) atoms. The van der Waals surface area contributed by atoms with Crippen LogP contribution in [0.15, 0.2) is 23.8 Å². The first-order valence-electron chi connectivity index (χ1n) is 9.48. The molecular formula is C21H29ClO. The third-order valence-electron chi connectivity index (χ3n) is 8.23. The number of hydrogen-bond donors (Lipinski definition) is 0. The lowest BCUT2D eigenvalue weighted by molar-refractivity contribution is -0.111. The van der Waals surface area contributed by atoms with Crippen LogP contribution in [0.5, 0.6) is 0 Å². The van der Waals surface area contributed by atoms with Crippen molar-refractivity contribution in [3.8, 4) is 0 Å². The highest BCUT2D eigenvalue weighted by atomic mass is 35.5. The number of alkyl halides is 1. The van der Waals surface area contributed by atoms with E-state index in [0.29, 0.717) is 17.3 Å². The van der Waals surface area contributed by atoms with Gasteiger partial charge in [0.25, 0.3) is 0 Å². The average Bonchev–Trinajstić information content (AvgIpc) is 2.85. The quantitative estimate of drug-likeness (QED) is 0.576. The minimum Gasteiger partial charge on any atom is -0.290 e. The van der Waals surface area contributed by atoms with Crippen LogP contribution in [0.1, 0.15) is 59.3 Å². The zero-order valence-corrected chi connectivity index (χ0v) is 15.4. The van der Waals surface area contributed by atoms with Gasteiger partial charge in [0.05, 0.1) is 0 Å². The van der Waals surface area contributed by atoms with E-state index in [-0.39, 0.29) is 16.6 Å². The van der Waals surface area contributed by atoms with Crippen molar-refractivity contribution in [2.75, 3.05) is 0 Å². The summed E-state index contributed by atoms with van der Waals surface area (Å²) in [4.78, 5) is 11.8. The summed E-state index contributed by atoms with van der Waals surface area (Å²) in [5.41, 5.74) is 1.85. The molecule has 0 bridgehead atoms. The maximum atomic E-state index is 11.8. The van der Waals surface area contributed by atoms with E-state index in [4.69, 9.17) is 11.6 Å². The fourth-order valence-corrected chi connectivity index (χ4v) is 7.42. The predicted octanol–water partition coefficient (Wildman–Crippen LogP) is 5.54. The standard InChI is InChI=1S/C21H29ClO/c1-4-13-5-6-16-19-17(8-10-20(13,16)2)21(3)9-7-15(23)11-14(21)12-18(19)22/h7,9,11,13,16-19H,4-6,8,10,12H2,1-3H3/t13-,16-,17-,18?,19-,20+,21-/m0/s1. The van der Waals surface area contributed by atoms with Gasteiger partial charge in [-0.15, -0.1) is 11.6 Å². The average molecular weight is 333 g/mol. The zero-order chi connectivity index (χ0) is 16.4. The highest BCUT2D eigenvalue weighted by Gasteiger charge is 2.60. The van der Waals surface area contributed by atoms with E-state index in [1.54, 1.807) is 6.08 Å². The van der Waals surface area contributed by atoms with Gasteiger partial charge in [0.15, 0.2) is 5.78 Å². The molecule has 0 N–H and O–H groups in total. The fraction of sp³-hybridized carbons (Fsp3) is 0.762. The highest BCUT2D eigenvalue weighted by Crippen LogP contribution is 2.67. The van der Waals surface area contributed by atoms with Crippen LogP contribution in [0.3, 0.4) is 0 Å². The van der Waals surface area contributed by atoms with Crippen LogP contribution < -0.4 is 0 Å². The number of hydrogen-bond acceptors (Lipinski definition) is 1. The number of fused-ring (bicyclic) bond motifs is 5. The Balaban J connectivity index is 1.73. The number of carbonyl (C=O) groups excluding carboxylic acids is 1. The Morgan fingerprint density at radius 3 is 2.74 bits per heavy atom. The molecule has 7 atom stereocenters. The Kier molecular flexibility index (Phi) is 3.61. The number of halogens is 1. The monoisotopic (exact) mass is 332 g/mol. The molecule has 0 saturated heterocycles. The largest absolute Gasteiger partial charge is 0.290 e. The Morgan fingerprint density at radius 2 is 2.00 bits per heavy atom. The molecule has 4 aliphatic rings. The molecule has 0 aromatic carbocycles. The normalized spacial score (nSPS) is 51.7. The van der Waals surface area contributed by atoms with E-state index in [1.165, 1.54) is 37.7 Å². The van der Waals surface area contributed by atoms with E-state index in [2.05, 4.69) is 26.8 Å². The maximum Gasteiger partial charge on any atom is 0.178 e. The van der Waals surface area contributed by atoms with Gasteiger partial charge < -0.3 is 0 Å². The molecule has 0 aromatic rings. The molecule has 1 unspecified atom stereocenters. The van der Waals surface area contributed by atoms with Gasteiger partial charge in [-0.2, -0.15) is 0 Å². The van der Waals surface area contributed by atoms with Crippen molar-refractivity contribution in [3.63, 3.8) is 0 Å². The summed E-state index contributed by atoms with van der Waals surface area (Å²) in [5, 5.41) is 0.207. The molecular weight excluding hydrogens is 304 g/mol. The molecule has 0 amide bonds. The maximum absolute atomic E-state index is 11.8. The zero-order valence-electron chi connectivity index (χ0n) is 14.6. The van der Waals surface area contributed by atoms with Gasteiger partial charge in [-0.05, 0) is 73.3 Å². The number of rotatable bonds is 1. The first-order valence-corrected chi connectivity index (χ1v) is 9.92. The van der Waals surface area contributed by atoms with Gasteiger partial charge >= 0.3 is 0 Å². The molecule has 3 fully saturated rings. The molecule has 0 heterocycles. The summed E-state index contributed by atoms with van der Waals surface area (Å²) in [6.07, 6.45) is 13.5. The minimum absolute atomic E-state index is 0.0651. The summed E-state index contributed by atoms with van der Waals surface area (Å²) in [7, 11) is 0. The molecule has 3 saturated carbocycles. The molecule has 0 aromatic heterocycles. The Morgan fingerprint density at radius 1 is 1.22 bits per heavy atom. The molecule has 2 heteroatoms. The van der Waals surface area contributed by atoms with Crippen molar-refractivity contribution in [2.24, 2.45) is 34.5 Å². The van der Waals surface area contributed by atoms with Crippen molar-refractivity contribution < 1.29 is 4.79 Å². The van der Waals surface area contributed by atoms with Crippen molar-refractivity contribution >= 4 is 17.4 Å². The topological polar surface area (TPSA) is 17.1 Å². The lowest BCUT2D eigenvalue weighted by atomic mass is 9.47. The third kappa shape index (κ3) is 2.08. The van der Waals surface area contributed by atoms with Crippen molar-refractivity contribution in [1.29, 1.82) is 0 Å². The third-order valence-corrected chi connectivity index (χ3v) is 8.67. The van der Waals surface area contributed by atoms with Crippen molar-refractivity contribution in [2.45, 2.75) is 64.7 Å². The summed E-state index contributed by atoms with van der Waals surface area (Å²) in [5.74, 6) is 3.03. The lowest BCUT2D eigenvalue weighted by Crippen LogP contribution is -2.53.